The van der Waals surface area contributed by atoms with Gasteiger partial charge in [0.05, 0.1) is 17.3 Å². The lowest BCUT2D eigenvalue weighted by atomic mass is 10.1. The molecule has 0 aromatic heterocycles. The van der Waals surface area contributed by atoms with Crippen molar-refractivity contribution in [3.63, 3.8) is 0 Å². The van der Waals surface area contributed by atoms with Crippen LogP contribution in [0.4, 0.5) is 5.69 Å². The summed E-state index contributed by atoms with van der Waals surface area (Å²) in [5.74, 6) is -0.680. The zero-order chi connectivity index (χ0) is 13.5. The molecule has 0 aliphatic carbocycles. The first-order valence-corrected chi connectivity index (χ1v) is 5.61. The van der Waals surface area contributed by atoms with Crippen LogP contribution in [0.3, 0.4) is 0 Å². The molecule has 0 bridgehead atoms. The SMILES string of the molecule is CC(C)NC(=O)c1ccccc1NC(=O)CC#N. The van der Waals surface area contributed by atoms with E-state index in [-0.39, 0.29) is 18.4 Å². The number of rotatable bonds is 4. The van der Waals surface area contributed by atoms with E-state index in [2.05, 4.69) is 10.6 Å². The van der Waals surface area contributed by atoms with Gasteiger partial charge in [0.15, 0.2) is 0 Å². The molecule has 2 N–H and O–H groups in total. The fourth-order valence-corrected chi connectivity index (χ4v) is 1.40. The maximum Gasteiger partial charge on any atom is 0.253 e. The third kappa shape index (κ3) is 3.91. The molecule has 18 heavy (non-hydrogen) atoms. The molecule has 0 saturated carbocycles. The number of nitrogens with zero attached hydrogens (tertiary/aromatic N) is 1. The highest BCUT2D eigenvalue weighted by molar-refractivity contribution is 6.04. The minimum atomic E-state index is -0.428. The molecule has 0 aliphatic heterocycles. The molecule has 1 aromatic rings. The van der Waals surface area contributed by atoms with Crippen molar-refractivity contribution in [2.24, 2.45) is 0 Å². The van der Waals surface area contributed by atoms with Gasteiger partial charge < -0.3 is 10.6 Å². The number of nitriles is 1. The lowest BCUT2D eigenvalue weighted by Crippen LogP contribution is -2.31. The highest BCUT2D eigenvalue weighted by atomic mass is 16.2. The van der Waals surface area contributed by atoms with Crippen molar-refractivity contribution < 1.29 is 9.59 Å². The number of amides is 2. The van der Waals surface area contributed by atoms with E-state index in [1.807, 2.05) is 13.8 Å². The fourth-order valence-electron chi connectivity index (χ4n) is 1.40. The Morgan fingerprint density at radius 2 is 2.00 bits per heavy atom. The summed E-state index contributed by atoms with van der Waals surface area (Å²) < 4.78 is 0. The number of benzene rings is 1. The van der Waals surface area contributed by atoms with E-state index in [0.29, 0.717) is 11.3 Å². The van der Waals surface area contributed by atoms with E-state index in [9.17, 15) is 9.59 Å². The lowest BCUT2D eigenvalue weighted by Gasteiger charge is -2.12. The average molecular weight is 245 g/mol. The van der Waals surface area contributed by atoms with Crippen LogP contribution >= 0.6 is 0 Å². The minimum Gasteiger partial charge on any atom is -0.350 e. The number of hydrogen-bond donors (Lipinski definition) is 2. The average Bonchev–Trinajstić information content (AvgIpc) is 2.28. The van der Waals surface area contributed by atoms with Crippen LogP contribution in [0.2, 0.25) is 0 Å². The Morgan fingerprint density at radius 3 is 2.61 bits per heavy atom. The predicted octanol–water partition coefficient (Wildman–Crippen LogP) is 1.68. The summed E-state index contributed by atoms with van der Waals surface area (Å²) in [6, 6.07) is 8.46. The molecule has 0 atom stereocenters. The van der Waals surface area contributed by atoms with Gasteiger partial charge in [-0.1, -0.05) is 12.1 Å². The van der Waals surface area contributed by atoms with Gasteiger partial charge in [-0.2, -0.15) is 5.26 Å². The first-order valence-electron chi connectivity index (χ1n) is 5.61. The summed E-state index contributed by atoms with van der Waals surface area (Å²) in [7, 11) is 0. The van der Waals surface area contributed by atoms with Crippen LogP contribution < -0.4 is 10.6 Å². The molecule has 5 heteroatoms. The molecule has 0 saturated heterocycles. The molecule has 0 heterocycles. The molecule has 0 fully saturated rings. The van der Waals surface area contributed by atoms with Crippen LogP contribution in [0.25, 0.3) is 0 Å². The molecule has 0 aliphatic rings. The number of carbonyl (C=O) groups is 2. The van der Waals surface area contributed by atoms with Gasteiger partial charge in [-0.05, 0) is 26.0 Å². The van der Waals surface area contributed by atoms with Crippen molar-refractivity contribution in [2.75, 3.05) is 5.32 Å². The number of hydrogen-bond acceptors (Lipinski definition) is 3. The van der Waals surface area contributed by atoms with Crippen molar-refractivity contribution >= 4 is 17.5 Å². The Bertz CT molecular complexity index is 489. The molecule has 5 nitrogen and oxygen atoms in total. The van der Waals surface area contributed by atoms with E-state index in [0.717, 1.165) is 0 Å². The van der Waals surface area contributed by atoms with Gasteiger partial charge in [-0.15, -0.1) is 0 Å². The monoisotopic (exact) mass is 245 g/mol. The van der Waals surface area contributed by atoms with Crippen molar-refractivity contribution in [3.05, 3.63) is 29.8 Å². The van der Waals surface area contributed by atoms with Gasteiger partial charge in [0.2, 0.25) is 5.91 Å². The first kappa shape index (κ1) is 13.7. The summed E-state index contributed by atoms with van der Waals surface area (Å²) in [6.07, 6.45) is -0.236. The second-order valence-electron chi connectivity index (χ2n) is 4.06. The molecule has 1 rings (SSSR count). The maximum absolute atomic E-state index is 11.9. The molecule has 0 spiro atoms. The van der Waals surface area contributed by atoms with E-state index in [4.69, 9.17) is 5.26 Å². The van der Waals surface area contributed by atoms with E-state index < -0.39 is 5.91 Å². The van der Waals surface area contributed by atoms with Gasteiger partial charge in [0.25, 0.3) is 5.91 Å². The molecular weight excluding hydrogens is 230 g/mol. The zero-order valence-corrected chi connectivity index (χ0v) is 10.4. The van der Waals surface area contributed by atoms with E-state index in [1.54, 1.807) is 30.3 Å². The van der Waals surface area contributed by atoms with Gasteiger partial charge >= 0.3 is 0 Å². The van der Waals surface area contributed by atoms with Crippen LogP contribution in [0.1, 0.15) is 30.6 Å². The largest absolute Gasteiger partial charge is 0.350 e. The zero-order valence-electron chi connectivity index (χ0n) is 10.4. The Labute approximate surface area is 106 Å². The topological polar surface area (TPSA) is 82.0 Å². The van der Waals surface area contributed by atoms with Gasteiger partial charge in [-0.3, -0.25) is 9.59 Å². The first-order chi connectivity index (χ1) is 8.54. The predicted molar refractivity (Wildman–Crippen MR) is 67.9 cm³/mol. The Morgan fingerprint density at radius 1 is 1.33 bits per heavy atom. The number of anilines is 1. The highest BCUT2D eigenvalue weighted by Crippen LogP contribution is 2.15. The van der Waals surface area contributed by atoms with E-state index >= 15 is 0 Å². The summed E-state index contributed by atoms with van der Waals surface area (Å²) in [6.45, 7) is 3.71. The van der Waals surface area contributed by atoms with Crippen molar-refractivity contribution in [2.45, 2.75) is 26.3 Å². The molecule has 1 aromatic carbocycles. The second-order valence-corrected chi connectivity index (χ2v) is 4.06. The van der Waals surface area contributed by atoms with Crippen LogP contribution in [0, 0.1) is 11.3 Å². The van der Waals surface area contributed by atoms with Crippen molar-refractivity contribution in [3.8, 4) is 6.07 Å². The fraction of sp³-hybridized carbons (Fsp3) is 0.308. The van der Waals surface area contributed by atoms with E-state index in [1.165, 1.54) is 0 Å². The lowest BCUT2D eigenvalue weighted by molar-refractivity contribution is -0.115. The highest BCUT2D eigenvalue weighted by Gasteiger charge is 2.13. The maximum atomic E-state index is 11.9. The van der Waals surface area contributed by atoms with Crippen molar-refractivity contribution in [1.29, 1.82) is 5.26 Å². The summed E-state index contributed by atoms with van der Waals surface area (Å²) >= 11 is 0. The molecular formula is C13H15N3O2. The second kappa shape index (κ2) is 6.40. The third-order valence-electron chi connectivity index (χ3n) is 2.11. The van der Waals surface area contributed by atoms with Crippen molar-refractivity contribution in [1.82, 2.24) is 5.32 Å². The molecule has 2 amide bonds. The van der Waals surface area contributed by atoms with Crippen LogP contribution in [-0.4, -0.2) is 17.9 Å². The van der Waals surface area contributed by atoms with Gasteiger partial charge in [-0.25, -0.2) is 0 Å². The standard InChI is InChI=1S/C13H15N3O2/c1-9(2)15-13(18)10-5-3-4-6-11(10)16-12(17)7-8-14/h3-6,9H,7H2,1-2H3,(H,15,18)(H,16,17). The number of nitrogens with one attached hydrogen (secondary N) is 2. The normalized spacial score (nSPS) is 9.67. The van der Waals surface area contributed by atoms with Gasteiger partial charge in [0, 0.05) is 6.04 Å². The molecule has 94 valence electrons. The van der Waals surface area contributed by atoms with Crippen LogP contribution in [-0.2, 0) is 4.79 Å². The number of para-hydroxylation sites is 1. The van der Waals surface area contributed by atoms with Gasteiger partial charge in [0.1, 0.15) is 6.42 Å². The van der Waals surface area contributed by atoms with Crippen LogP contribution in [0.15, 0.2) is 24.3 Å². The summed E-state index contributed by atoms with van der Waals surface area (Å²) in [5, 5.41) is 13.7. The minimum absolute atomic E-state index is 0.0142. The summed E-state index contributed by atoms with van der Waals surface area (Å²) in [5.41, 5.74) is 0.799. The third-order valence-corrected chi connectivity index (χ3v) is 2.11. The molecule has 0 unspecified atom stereocenters. The number of carbonyl (C=O) groups excluding carboxylic acids is 2. The van der Waals surface area contributed by atoms with Crippen LogP contribution in [0.5, 0.6) is 0 Å². The molecule has 0 radical (unpaired) electrons. The Kier molecular flexibility index (Phi) is 4.88. The smallest absolute Gasteiger partial charge is 0.253 e. The quantitative estimate of drug-likeness (QED) is 0.846. The summed E-state index contributed by atoms with van der Waals surface area (Å²) in [4.78, 5) is 23.2. The Hall–Kier alpha value is -2.35. The Balaban J connectivity index is 2.89.